The molecule has 2 aliphatic heterocycles. The Labute approximate surface area is 139 Å². The van der Waals surface area contributed by atoms with E-state index in [-0.39, 0.29) is 36.2 Å². The van der Waals surface area contributed by atoms with E-state index in [2.05, 4.69) is 12.2 Å². The summed E-state index contributed by atoms with van der Waals surface area (Å²) in [5.41, 5.74) is -0.00225. The molecule has 132 valence electrons. The van der Waals surface area contributed by atoms with Crippen molar-refractivity contribution in [1.29, 1.82) is 0 Å². The molecule has 0 spiro atoms. The van der Waals surface area contributed by atoms with Crippen LogP contribution in [-0.4, -0.2) is 37.1 Å². The summed E-state index contributed by atoms with van der Waals surface area (Å²) in [5, 5.41) is 3.14. The lowest BCUT2D eigenvalue weighted by atomic mass is 9.98. The van der Waals surface area contributed by atoms with Gasteiger partial charge in [0.1, 0.15) is 0 Å². The van der Waals surface area contributed by atoms with Crippen molar-refractivity contribution in [2.45, 2.75) is 38.7 Å². The first kappa shape index (κ1) is 17.2. The van der Waals surface area contributed by atoms with Crippen molar-refractivity contribution in [3.8, 4) is 0 Å². The molecular weight excluding hydrogens is 321 g/mol. The average Bonchev–Trinajstić information content (AvgIpc) is 3.03. The standard InChI is InChI=1S/C17H21F3N2O2/c1-10-3-12(24-9-10)7-21-6-11-4-13-14(8-22(2)16(13)23)15(5-11)17(18,19)20/h4-5,10,12,21H,3,6-9H2,1-2H3. The van der Waals surface area contributed by atoms with Gasteiger partial charge in [0.05, 0.1) is 11.7 Å². The third-order valence-electron chi connectivity index (χ3n) is 4.57. The van der Waals surface area contributed by atoms with E-state index in [1.54, 1.807) is 6.07 Å². The summed E-state index contributed by atoms with van der Waals surface area (Å²) >= 11 is 0. The predicted molar refractivity (Wildman–Crippen MR) is 82.5 cm³/mol. The zero-order chi connectivity index (χ0) is 17.5. The number of alkyl halides is 3. The highest BCUT2D eigenvalue weighted by Gasteiger charge is 2.39. The Morgan fingerprint density at radius 3 is 2.75 bits per heavy atom. The molecule has 3 rings (SSSR count). The molecule has 2 atom stereocenters. The quantitative estimate of drug-likeness (QED) is 0.915. The lowest BCUT2D eigenvalue weighted by Gasteiger charge is -2.15. The molecule has 2 aliphatic rings. The highest BCUT2D eigenvalue weighted by Crippen LogP contribution is 2.37. The zero-order valence-electron chi connectivity index (χ0n) is 13.7. The van der Waals surface area contributed by atoms with Crippen LogP contribution >= 0.6 is 0 Å². The second-order valence-corrected chi connectivity index (χ2v) is 6.76. The van der Waals surface area contributed by atoms with Gasteiger partial charge in [-0.1, -0.05) is 6.92 Å². The van der Waals surface area contributed by atoms with Crippen LogP contribution in [0.2, 0.25) is 0 Å². The monoisotopic (exact) mass is 342 g/mol. The number of nitrogens with zero attached hydrogens (tertiary/aromatic N) is 1. The van der Waals surface area contributed by atoms with Crippen LogP contribution in [0, 0.1) is 5.92 Å². The average molecular weight is 342 g/mol. The van der Waals surface area contributed by atoms with Crippen molar-refractivity contribution in [2.75, 3.05) is 20.2 Å². The summed E-state index contributed by atoms with van der Waals surface area (Å²) in [6, 6.07) is 2.72. The predicted octanol–water partition coefficient (Wildman–Crippen LogP) is 2.81. The zero-order valence-corrected chi connectivity index (χ0v) is 13.7. The number of ether oxygens (including phenoxy) is 1. The van der Waals surface area contributed by atoms with Gasteiger partial charge in [-0.05, 0) is 35.6 Å². The number of hydrogen-bond acceptors (Lipinski definition) is 3. The van der Waals surface area contributed by atoms with Crippen LogP contribution in [0.4, 0.5) is 13.2 Å². The van der Waals surface area contributed by atoms with Gasteiger partial charge in [-0.25, -0.2) is 0 Å². The molecule has 1 amide bonds. The molecule has 1 aromatic carbocycles. The fourth-order valence-corrected chi connectivity index (χ4v) is 3.37. The minimum Gasteiger partial charge on any atom is -0.377 e. The van der Waals surface area contributed by atoms with Gasteiger partial charge >= 0.3 is 6.18 Å². The van der Waals surface area contributed by atoms with Crippen molar-refractivity contribution in [2.24, 2.45) is 5.92 Å². The Hall–Kier alpha value is -1.60. The first-order valence-corrected chi connectivity index (χ1v) is 8.06. The first-order valence-electron chi connectivity index (χ1n) is 8.06. The second-order valence-electron chi connectivity index (χ2n) is 6.76. The Balaban J connectivity index is 1.75. The number of halogens is 3. The van der Waals surface area contributed by atoms with Crippen LogP contribution in [0.1, 0.15) is 40.4 Å². The molecule has 1 N–H and O–H groups in total. The molecule has 1 fully saturated rings. The summed E-state index contributed by atoms with van der Waals surface area (Å²) < 4.78 is 45.5. The lowest BCUT2D eigenvalue weighted by molar-refractivity contribution is -0.138. The number of benzene rings is 1. The van der Waals surface area contributed by atoms with Crippen molar-refractivity contribution in [3.05, 3.63) is 34.4 Å². The fraction of sp³-hybridized carbons (Fsp3) is 0.588. The van der Waals surface area contributed by atoms with E-state index < -0.39 is 11.7 Å². The van der Waals surface area contributed by atoms with E-state index in [0.717, 1.165) is 19.1 Å². The number of hydrogen-bond donors (Lipinski definition) is 1. The molecular formula is C17H21F3N2O2. The topological polar surface area (TPSA) is 41.6 Å². The third kappa shape index (κ3) is 3.42. The van der Waals surface area contributed by atoms with Gasteiger partial charge in [0.15, 0.2) is 0 Å². The number of amides is 1. The summed E-state index contributed by atoms with van der Waals surface area (Å²) in [5.74, 6) is 0.159. The first-order chi connectivity index (χ1) is 11.3. The molecule has 0 saturated carbocycles. The van der Waals surface area contributed by atoms with Crippen LogP contribution in [0.25, 0.3) is 0 Å². The summed E-state index contributed by atoms with van der Waals surface area (Å²) in [6.07, 6.45) is -3.41. The molecule has 1 aromatic rings. The minimum absolute atomic E-state index is 0.00449. The van der Waals surface area contributed by atoms with E-state index in [1.165, 1.54) is 11.9 Å². The van der Waals surface area contributed by atoms with E-state index in [1.807, 2.05) is 0 Å². The molecule has 1 saturated heterocycles. The summed E-state index contributed by atoms with van der Waals surface area (Å²) in [7, 11) is 1.51. The normalized spacial score (nSPS) is 23.9. The molecule has 2 unspecified atom stereocenters. The third-order valence-corrected chi connectivity index (χ3v) is 4.57. The van der Waals surface area contributed by atoms with Crippen molar-refractivity contribution >= 4 is 5.91 Å². The molecule has 7 heteroatoms. The van der Waals surface area contributed by atoms with Crippen LogP contribution < -0.4 is 5.32 Å². The van der Waals surface area contributed by atoms with Crippen LogP contribution in [-0.2, 0) is 24.0 Å². The highest BCUT2D eigenvalue weighted by atomic mass is 19.4. The second kappa shape index (κ2) is 6.37. The number of carbonyl (C=O) groups excluding carboxylic acids is 1. The summed E-state index contributed by atoms with van der Waals surface area (Å²) in [4.78, 5) is 13.4. The van der Waals surface area contributed by atoms with Gasteiger partial charge in [0.25, 0.3) is 5.91 Å². The molecule has 24 heavy (non-hydrogen) atoms. The SMILES string of the molecule is CC1COC(CNCc2cc3c(c(C(F)(F)F)c2)CN(C)C3=O)C1. The van der Waals surface area contributed by atoms with E-state index in [9.17, 15) is 18.0 Å². The minimum atomic E-state index is -4.46. The largest absolute Gasteiger partial charge is 0.416 e. The van der Waals surface area contributed by atoms with Crippen molar-refractivity contribution in [3.63, 3.8) is 0 Å². The number of nitrogens with one attached hydrogen (secondary N) is 1. The fourth-order valence-electron chi connectivity index (χ4n) is 3.37. The van der Waals surface area contributed by atoms with Gasteiger partial charge in [-0.2, -0.15) is 13.2 Å². The van der Waals surface area contributed by atoms with Gasteiger partial charge < -0.3 is 15.0 Å². The van der Waals surface area contributed by atoms with Gasteiger partial charge in [-0.15, -0.1) is 0 Å². The van der Waals surface area contributed by atoms with Crippen LogP contribution in [0.3, 0.4) is 0 Å². The van der Waals surface area contributed by atoms with Crippen LogP contribution in [0.5, 0.6) is 0 Å². The Bertz CT molecular complexity index is 645. The summed E-state index contributed by atoms with van der Waals surface area (Å²) in [6.45, 7) is 3.71. The maximum Gasteiger partial charge on any atom is 0.416 e. The molecule has 0 radical (unpaired) electrons. The maximum atomic E-state index is 13.3. The van der Waals surface area contributed by atoms with E-state index >= 15 is 0 Å². The molecule has 0 aliphatic carbocycles. The Morgan fingerprint density at radius 1 is 1.38 bits per heavy atom. The van der Waals surface area contributed by atoms with Crippen LogP contribution in [0.15, 0.2) is 12.1 Å². The van der Waals surface area contributed by atoms with Gasteiger partial charge in [-0.3, -0.25) is 4.79 Å². The molecule has 0 aromatic heterocycles. The Morgan fingerprint density at radius 2 is 2.12 bits per heavy atom. The number of rotatable bonds is 4. The molecule has 0 bridgehead atoms. The van der Waals surface area contributed by atoms with Crippen molar-refractivity contribution < 1.29 is 22.7 Å². The van der Waals surface area contributed by atoms with Gasteiger partial charge in [0.2, 0.25) is 0 Å². The number of carbonyl (C=O) groups is 1. The molecule has 2 heterocycles. The Kier molecular flexibility index (Phi) is 4.57. The maximum absolute atomic E-state index is 13.3. The van der Waals surface area contributed by atoms with Gasteiger partial charge in [0, 0.05) is 38.9 Å². The molecule has 4 nitrogen and oxygen atoms in total. The van der Waals surface area contributed by atoms with E-state index in [0.29, 0.717) is 18.0 Å². The van der Waals surface area contributed by atoms with Crippen molar-refractivity contribution in [1.82, 2.24) is 10.2 Å². The lowest BCUT2D eigenvalue weighted by Crippen LogP contribution is -2.26. The highest BCUT2D eigenvalue weighted by molar-refractivity contribution is 5.98. The number of fused-ring (bicyclic) bond motifs is 1. The van der Waals surface area contributed by atoms with E-state index in [4.69, 9.17) is 4.74 Å². The smallest absolute Gasteiger partial charge is 0.377 e.